The lowest BCUT2D eigenvalue weighted by Gasteiger charge is -2.07. The highest BCUT2D eigenvalue weighted by Crippen LogP contribution is 2.23. The second kappa shape index (κ2) is 8.54. The number of nitrogens with zero attached hydrogens (tertiary/aromatic N) is 2. The molecule has 0 radical (unpaired) electrons. The number of thioether (sulfide) groups is 1. The summed E-state index contributed by atoms with van der Waals surface area (Å²) in [4.78, 5) is 16.5. The number of alkyl halides is 2. The van der Waals surface area contributed by atoms with E-state index in [1.807, 2.05) is 30.3 Å². The number of nitrogen functional groups attached to an aromatic ring is 1. The third kappa shape index (κ3) is 5.20. The molecule has 3 N–H and O–H groups in total. The molecule has 0 aliphatic heterocycles. The number of hydrogen-bond acceptors (Lipinski definition) is 5. The molecule has 0 atom stereocenters. The van der Waals surface area contributed by atoms with Gasteiger partial charge in [-0.1, -0.05) is 42.1 Å². The zero-order valence-electron chi connectivity index (χ0n) is 14.0. The first-order valence-electron chi connectivity index (χ1n) is 7.88. The van der Waals surface area contributed by atoms with E-state index in [1.165, 1.54) is 40.7 Å². The predicted octanol–water partition coefficient (Wildman–Crippen LogP) is 3.60. The zero-order valence-corrected chi connectivity index (χ0v) is 14.8. The van der Waals surface area contributed by atoms with Crippen LogP contribution in [0.25, 0.3) is 11.3 Å². The second-order valence-electron chi connectivity index (χ2n) is 5.42. The molecule has 0 fully saturated rings. The molecule has 0 bridgehead atoms. The summed E-state index contributed by atoms with van der Waals surface area (Å²) in [6.07, 6.45) is 1.69. The lowest BCUT2D eigenvalue weighted by molar-refractivity contribution is -0.113. The molecule has 0 aliphatic carbocycles. The normalized spacial score (nSPS) is 10.8. The first kappa shape index (κ1) is 18.7. The Morgan fingerprint density at radius 1 is 1.19 bits per heavy atom. The van der Waals surface area contributed by atoms with Crippen LogP contribution in [0.15, 0.2) is 66.0 Å². The number of carbonyl (C=O) groups is 1. The molecule has 1 aromatic heterocycles. The molecule has 0 saturated heterocycles. The molecule has 9 heteroatoms. The Kier molecular flexibility index (Phi) is 5.92. The number of imidazole rings is 1. The maximum Gasteiger partial charge on any atom is 0.387 e. The first-order chi connectivity index (χ1) is 13.0. The van der Waals surface area contributed by atoms with Crippen LogP contribution in [-0.2, 0) is 4.79 Å². The molecular formula is C18H16F2N4O2S. The standard InChI is InChI=1S/C18H16F2N4O2S/c19-17(20)26-14-8-6-13(7-9-14)22-16(25)11-27-18-23-15(10-24(18)21)12-4-2-1-3-5-12/h1-10,17H,11,21H2,(H,22,25). The lowest BCUT2D eigenvalue weighted by Crippen LogP contribution is -2.15. The second-order valence-corrected chi connectivity index (χ2v) is 6.36. The molecule has 1 heterocycles. The van der Waals surface area contributed by atoms with Gasteiger partial charge in [0, 0.05) is 11.3 Å². The van der Waals surface area contributed by atoms with Crippen molar-refractivity contribution >= 4 is 23.4 Å². The number of amides is 1. The van der Waals surface area contributed by atoms with Gasteiger partial charge in [0.2, 0.25) is 5.91 Å². The van der Waals surface area contributed by atoms with Gasteiger partial charge in [0.15, 0.2) is 5.16 Å². The van der Waals surface area contributed by atoms with Gasteiger partial charge in [-0.2, -0.15) is 8.78 Å². The van der Waals surface area contributed by atoms with E-state index in [2.05, 4.69) is 15.0 Å². The number of hydrogen-bond donors (Lipinski definition) is 2. The number of nitrogens with one attached hydrogen (secondary N) is 1. The Bertz CT molecular complexity index is 901. The highest BCUT2D eigenvalue weighted by atomic mass is 32.2. The molecular weight excluding hydrogens is 374 g/mol. The molecule has 6 nitrogen and oxygen atoms in total. The van der Waals surface area contributed by atoms with E-state index in [0.717, 1.165) is 11.3 Å². The average molecular weight is 390 g/mol. The minimum absolute atomic E-state index is 0.0241. The average Bonchev–Trinajstić information content (AvgIpc) is 3.03. The zero-order chi connectivity index (χ0) is 19.2. The maximum absolute atomic E-state index is 12.1. The summed E-state index contributed by atoms with van der Waals surface area (Å²) >= 11 is 1.19. The Morgan fingerprint density at radius 3 is 2.56 bits per heavy atom. The fourth-order valence-corrected chi connectivity index (χ4v) is 2.98. The molecule has 3 aromatic rings. The number of halogens is 2. The van der Waals surface area contributed by atoms with Crippen LogP contribution in [0.1, 0.15) is 0 Å². The van der Waals surface area contributed by atoms with Crippen LogP contribution in [-0.4, -0.2) is 27.9 Å². The topological polar surface area (TPSA) is 82.2 Å². The van der Waals surface area contributed by atoms with Crippen molar-refractivity contribution in [1.29, 1.82) is 0 Å². The molecule has 0 saturated carbocycles. The van der Waals surface area contributed by atoms with Gasteiger partial charge in [0.25, 0.3) is 0 Å². The third-order valence-electron chi connectivity index (χ3n) is 3.46. The van der Waals surface area contributed by atoms with Gasteiger partial charge >= 0.3 is 6.61 Å². The molecule has 140 valence electrons. The number of aromatic nitrogens is 2. The number of benzene rings is 2. The van der Waals surface area contributed by atoms with Gasteiger partial charge in [0.05, 0.1) is 17.6 Å². The molecule has 0 aliphatic rings. The fraction of sp³-hybridized carbons (Fsp3) is 0.111. The summed E-state index contributed by atoms with van der Waals surface area (Å²) in [5, 5.41) is 3.17. The molecule has 0 unspecified atom stereocenters. The quantitative estimate of drug-likeness (QED) is 0.476. The number of carbonyl (C=O) groups excluding carboxylic acids is 1. The van der Waals surface area contributed by atoms with Crippen LogP contribution < -0.4 is 15.9 Å². The van der Waals surface area contributed by atoms with Crippen molar-refractivity contribution in [2.75, 3.05) is 16.9 Å². The third-order valence-corrected chi connectivity index (χ3v) is 4.43. The van der Waals surface area contributed by atoms with Crippen molar-refractivity contribution in [3.8, 4) is 17.0 Å². The van der Waals surface area contributed by atoms with E-state index in [0.29, 0.717) is 10.8 Å². The summed E-state index contributed by atoms with van der Waals surface area (Å²) in [5.41, 5.74) is 2.12. The predicted molar refractivity (Wildman–Crippen MR) is 100 cm³/mol. The van der Waals surface area contributed by atoms with E-state index < -0.39 is 6.61 Å². The Balaban J connectivity index is 1.56. The Labute approximate surface area is 158 Å². The van der Waals surface area contributed by atoms with Crippen molar-refractivity contribution in [2.24, 2.45) is 0 Å². The smallest absolute Gasteiger partial charge is 0.387 e. The highest BCUT2D eigenvalue weighted by Gasteiger charge is 2.11. The first-order valence-corrected chi connectivity index (χ1v) is 8.87. The summed E-state index contributed by atoms with van der Waals surface area (Å²) in [7, 11) is 0. The van der Waals surface area contributed by atoms with E-state index in [4.69, 9.17) is 5.84 Å². The molecule has 3 rings (SSSR count). The van der Waals surface area contributed by atoms with Crippen LogP contribution in [0.4, 0.5) is 14.5 Å². The summed E-state index contributed by atoms with van der Waals surface area (Å²) < 4.78 is 29.9. The number of nitrogens with two attached hydrogens (primary N) is 1. The van der Waals surface area contributed by atoms with Crippen LogP contribution in [0.5, 0.6) is 5.75 Å². The Hall–Kier alpha value is -3.07. The Morgan fingerprint density at radius 2 is 1.89 bits per heavy atom. The van der Waals surface area contributed by atoms with Crippen LogP contribution in [0.3, 0.4) is 0 Å². The molecule has 1 amide bonds. The minimum atomic E-state index is -2.89. The number of ether oxygens (including phenoxy) is 1. The van der Waals surface area contributed by atoms with Crippen LogP contribution in [0, 0.1) is 0 Å². The van der Waals surface area contributed by atoms with Gasteiger partial charge in [0.1, 0.15) is 5.75 Å². The van der Waals surface area contributed by atoms with Gasteiger partial charge < -0.3 is 15.9 Å². The lowest BCUT2D eigenvalue weighted by atomic mass is 10.2. The molecule has 27 heavy (non-hydrogen) atoms. The van der Waals surface area contributed by atoms with Crippen molar-refractivity contribution in [2.45, 2.75) is 11.8 Å². The highest BCUT2D eigenvalue weighted by molar-refractivity contribution is 7.99. The van der Waals surface area contributed by atoms with Crippen molar-refractivity contribution < 1.29 is 18.3 Å². The van der Waals surface area contributed by atoms with Crippen LogP contribution in [0.2, 0.25) is 0 Å². The van der Waals surface area contributed by atoms with E-state index in [9.17, 15) is 13.6 Å². The number of rotatable bonds is 7. The van der Waals surface area contributed by atoms with Gasteiger partial charge in [-0.3, -0.25) is 4.79 Å². The summed E-state index contributed by atoms with van der Waals surface area (Å²) in [6.45, 7) is -2.89. The van der Waals surface area contributed by atoms with Crippen LogP contribution >= 0.6 is 11.8 Å². The van der Waals surface area contributed by atoms with E-state index in [-0.39, 0.29) is 17.4 Å². The molecule has 0 spiro atoms. The van der Waals surface area contributed by atoms with Gasteiger partial charge in [-0.15, -0.1) is 0 Å². The van der Waals surface area contributed by atoms with E-state index >= 15 is 0 Å². The maximum atomic E-state index is 12.1. The van der Waals surface area contributed by atoms with Gasteiger partial charge in [-0.25, -0.2) is 9.66 Å². The SMILES string of the molecule is Nn1cc(-c2ccccc2)nc1SCC(=O)Nc1ccc(OC(F)F)cc1. The fourth-order valence-electron chi connectivity index (χ4n) is 2.28. The summed E-state index contributed by atoms with van der Waals surface area (Å²) in [5.74, 6) is 5.75. The van der Waals surface area contributed by atoms with Crippen molar-refractivity contribution in [1.82, 2.24) is 9.66 Å². The molecule has 2 aromatic carbocycles. The van der Waals surface area contributed by atoms with E-state index in [1.54, 1.807) is 6.20 Å². The monoisotopic (exact) mass is 390 g/mol. The largest absolute Gasteiger partial charge is 0.435 e. The summed E-state index contributed by atoms with van der Waals surface area (Å²) in [6, 6.07) is 15.2. The van der Waals surface area contributed by atoms with Crippen molar-refractivity contribution in [3.05, 3.63) is 60.8 Å². The number of anilines is 1. The van der Waals surface area contributed by atoms with Gasteiger partial charge in [-0.05, 0) is 24.3 Å². The minimum Gasteiger partial charge on any atom is -0.435 e. The van der Waals surface area contributed by atoms with Crippen molar-refractivity contribution in [3.63, 3.8) is 0 Å².